The molecule has 1 heterocycles. The topological polar surface area (TPSA) is 58.4 Å². The van der Waals surface area contributed by atoms with Crippen LogP contribution in [0.2, 0.25) is 0 Å². The molecule has 0 bridgehead atoms. The minimum Gasteiger partial charge on any atom is -0.369 e. The number of nitrogens with two attached hydrogens (primary N) is 1. The van der Waals surface area contributed by atoms with E-state index in [1.54, 1.807) is 0 Å². The summed E-state index contributed by atoms with van der Waals surface area (Å²) in [6.45, 7) is 3.27. The van der Waals surface area contributed by atoms with Crippen molar-refractivity contribution in [3.63, 3.8) is 0 Å². The van der Waals surface area contributed by atoms with E-state index in [0.29, 0.717) is 18.7 Å². The fourth-order valence-corrected chi connectivity index (χ4v) is 3.55. The molecule has 1 fully saturated rings. The van der Waals surface area contributed by atoms with Crippen molar-refractivity contribution in [1.82, 2.24) is 10.2 Å². The molecular formula is C21H25F2N3O. The maximum absolute atomic E-state index is 13.7. The highest BCUT2D eigenvalue weighted by Gasteiger charge is 2.23. The van der Waals surface area contributed by atoms with E-state index in [0.717, 1.165) is 49.2 Å². The van der Waals surface area contributed by atoms with E-state index >= 15 is 0 Å². The second-order valence-corrected chi connectivity index (χ2v) is 7.14. The molecule has 1 unspecified atom stereocenters. The normalized spacial score (nSPS) is 17.8. The van der Waals surface area contributed by atoms with Gasteiger partial charge in [0.05, 0.1) is 5.92 Å². The van der Waals surface area contributed by atoms with E-state index < -0.39 is 11.6 Å². The first-order valence-electron chi connectivity index (χ1n) is 9.25. The van der Waals surface area contributed by atoms with E-state index in [4.69, 9.17) is 5.73 Å². The number of carbonyl (C=O) groups excluding carboxylic acids is 1. The average Bonchev–Trinajstić information content (AvgIpc) is 2.65. The number of primary amides is 1. The summed E-state index contributed by atoms with van der Waals surface area (Å²) in [5.74, 6) is -1.13. The van der Waals surface area contributed by atoms with E-state index in [-0.39, 0.29) is 18.4 Å². The number of hydrogen-bond acceptors (Lipinski definition) is 3. The summed E-state index contributed by atoms with van der Waals surface area (Å²) in [7, 11) is 0. The average molecular weight is 373 g/mol. The fourth-order valence-electron chi connectivity index (χ4n) is 3.55. The molecule has 1 atom stereocenters. The van der Waals surface area contributed by atoms with Gasteiger partial charge in [-0.05, 0) is 48.7 Å². The Morgan fingerprint density at radius 3 is 2.78 bits per heavy atom. The van der Waals surface area contributed by atoms with Crippen LogP contribution in [0.5, 0.6) is 0 Å². The maximum atomic E-state index is 13.7. The molecule has 0 spiro atoms. The molecule has 4 nitrogen and oxygen atoms in total. The SMILES string of the molecule is NC(=O)C1CCCN(Cc2cccc(CNCc3cc(F)ccc3F)c2)C1. The predicted molar refractivity (Wildman–Crippen MR) is 101 cm³/mol. The van der Waals surface area contributed by atoms with Crippen molar-refractivity contribution in [1.29, 1.82) is 0 Å². The third kappa shape index (κ3) is 5.58. The summed E-state index contributed by atoms with van der Waals surface area (Å²) in [6.07, 6.45) is 1.85. The van der Waals surface area contributed by atoms with Crippen molar-refractivity contribution >= 4 is 5.91 Å². The molecule has 2 aromatic carbocycles. The third-order valence-electron chi connectivity index (χ3n) is 4.96. The van der Waals surface area contributed by atoms with E-state index in [2.05, 4.69) is 22.3 Å². The lowest BCUT2D eigenvalue weighted by atomic mass is 9.97. The molecule has 3 rings (SSSR count). The van der Waals surface area contributed by atoms with Crippen LogP contribution in [0.15, 0.2) is 42.5 Å². The Bertz CT molecular complexity index is 797. The van der Waals surface area contributed by atoms with Crippen molar-refractivity contribution in [3.8, 4) is 0 Å². The lowest BCUT2D eigenvalue weighted by Crippen LogP contribution is -2.40. The van der Waals surface area contributed by atoms with Crippen molar-refractivity contribution in [2.24, 2.45) is 11.7 Å². The number of nitrogens with one attached hydrogen (secondary N) is 1. The molecule has 144 valence electrons. The Kier molecular flexibility index (Phi) is 6.53. The van der Waals surface area contributed by atoms with Crippen LogP contribution < -0.4 is 11.1 Å². The predicted octanol–water partition coefficient (Wildman–Crippen LogP) is 2.95. The summed E-state index contributed by atoms with van der Waals surface area (Å²) in [5, 5.41) is 3.16. The number of piperidine rings is 1. The highest BCUT2D eigenvalue weighted by atomic mass is 19.1. The van der Waals surface area contributed by atoms with Crippen LogP contribution in [0.25, 0.3) is 0 Å². The van der Waals surface area contributed by atoms with E-state index in [1.165, 1.54) is 6.07 Å². The quantitative estimate of drug-likeness (QED) is 0.785. The van der Waals surface area contributed by atoms with Crippen LogP contribution in [0.4, 0.5) is 8.78 Å². The van der Waals surface area contributed by atoms with Crippen molar-refractivity contribution in [2.45, 2.75) is 32.5 Å². The molecule has 0 saturated carbocycles. The minimum atomic E-state index is -0.439. The van der Waals surface area contributed by atoms with Gasteiger partial charge in [-0.15, -0.1) is 0 Å². The van der Waals surface area contributed by atoms with Gasteiger partial charge in [0.2, 0.25) is 5.91 Å². The monoisotopic (exact) mass is 373 g/mol. The Hall–Kier alpha value is -2.31. The Balaban J connectivity index is 1.54. The van der Waals surface area contributed by atoms with Gasteiger partial charge >= 0.3 is 0 Å². The van der Waals surface area contributed by atoms with Gasteiger partial charge in [-0.2, -0.15) is 0 Å². The Morgan fingerprint density at radius 2 is 1.96 bits per heavy atom. The molecule has 1 aliphatic heterocycles. The van der Waals surface area contributed by atoms with Crippen molar-refractivity contribution in [3.05, 3.63) is 70.8 Å². The first kappa shape index (κ1) is 19.5. The number of rotatable bonds is 7. The van der Waals surface area contributed by atoms with Gasteiger partial charge in [0, 0.05) is 31.7 Å². The van der Waals surface area contributed by atoms with Crippen LogP contribution in [0, 0.1) is 17.6 Å². The second kappa shape index (κ2) is 9.06. The number of amides is 1. The number of benzene rings is 2. The summed E-state index contributed by atoms with van der Waals surface area (Å²) >= 11 is 0. The Morgan fingerprint density at radius 1 is 1.15 bits per heavy atom. The van der Waals surface area contributed by atoms with Crippen LogP contribution in [0.1, 0.15) is 29.5 Å². The maximum Gasteiger partial charge on any atom is 0.221 e. The molecule has 0 aliphatic carbocycles. The summed E-state index contributed by atoms with van der Waals surface area (Å²) < 4.78 is 26.9. The third-order valence-corrected chi connectivity index (χ3v) is 4.96. The molecule has 1 saturated heterocycles. The number of halogens is 2. The number of nitrogens with zero attached hydrogens (tertiary/aromatic N) is 1. The largest absolute Gasteiger partial charge is 0.369 e. The van der Waals surface area contributed by atoms with Crippen LogP contribution in [0.3, 0.4) is 0 Å². The van der Waals surface area contributed by atoms with Gasteiger partial charge in [0.1, 0.15) is 11.6 Å². The Labute approximate surface area is 158 Å². The second-order valence-electron chi connectivity index (χ2n) is 7.14. The summed E-state index contributed by atoms with van der Waals surface area (Å²) in [5.41, 5.74) is 8.00. The zero-order valence-electron chi connectivity index (χ0n) is 15.3. The molecule has 2 aromatic rings. The highest BCUT2D eigenvalue weighted by molar-refractivity contribution is 5.76. The van der Waals surface area contributed by atoms with Gasteiger partial charge in [0.25, 0.3) is 0 Å². The van der Waals surface area contributed by atoms with Crippen LogP contribution >= 0.6 is 0 Å². The zero-order chi connectivity index (χ0) is 19.2. The molecule has 1 amide bonds. The van der Waals surface area contributed by atoms with Crippen LogP contribution in [-0.2, 0) is 24.4 Å². The van der Waals surface area contributed by atoms with Crippen LogP contribution in [-0.4, -0.2) is 23.9 Å². The van der Waals surface area contributed by atoms with Crippen molar-refractivity contribution < 1.29 is 13.6 Å². The van der Waals surface area contributed by atoms with Gasteiger partial charge < -0.3 is 11.1 Å². The molecular weight excluding hydrogens is 348 g/mol. The molecule has 3 N–H and O–H groups in total. The van der Waals surface area contributed by atoms with Gasteiger partial charge in [0.15, 0.2) is 0 Å². The number of carbonyl (C=O) groups is 1. The summed E-state index contributed by atoms with van der Waals surface area (Å²) in [6, 6.07) is 11.6. The summed E-state index contributed by atoms with van der Waals surface area (Å²) in [4.78, 5) is 13.7. The minimum absolute atomic E-state index is 0.0650. The van der Waals surface area contributed by atoms with E-state index in [9.17, 15) is 13.6 Å². The first-order valence-corrected chi connectivity index (χ1v) is 9.25. The molecule has 6 heteroatoms. The number of likely N-dealkylation sites (tertiary alicyclic amines) is 1. The van der Waals surface area contributed by atoms with Crippen molar-refractivity contribution in [2.75, 3.05) is 13.1 Å². The van der Waals surface area contributed by atoms with E-state index in [1.807, 2.05) is 12.1 Å². The molecule has 27 heavy (non-hydrogen) atoms. The van der Waals surface area contributed by atoms with Gasteiger partial charge in [-0.3, -0.25) is 9.69 Å². The van der Waals surface area contributed by atoms with Gasteiger partial charge in [-0.25, -0.2) is 8.78 Å². The first-order chi connectivity index (χ1) is 13.0. The molecule has 1 aliphatic rings. The number of hydrogen-bond donors (Lipinski definition) is 2. The highest BCUT2D eigenvalue weighted by Crippen LogP contribution is 2.19. The smallest absolute Gasteiger partial charge is 0.221 e. The van der Waals surface area contributed by atoms with Gasteiger partial charge in [-0.1, -0.05) is 24.3 Å². The molecule has 0 radical (unpaired) electrons. The fraction of sp³-hybridized carbons (Fsp3) is 0.381. The lowest BCUT2D eigenvalue weighted by molar-refractivity contribution is -0.123. The standard InChI is InChI=1S/C21H25F2N3O/c22-19-6-7-20(23)18(10-19)12-25-11-15-3-1-4-16(9-15)13-26-8-2-5-17(14-26)21(24)27/h1,3-4,6-7,9-10,17,25H,2,5,8,11-14H2,(H2,24,27). The zero-order valence-corrected chi connectivity index (χ0v) is 15.3. The molecule has 0 aromatic heterocycles. The lowest BCUT2D eigenvalue weighted by Gasteiger charge is -2.31.